The highest BCUT2D eigenvalue weighted by atomic mass is 35.5. The summed E-state index contributed by atoms with van der Waals surface area (Å²) < 4.78 is 7.44. The van der Waals surface area contributed by atoms with Crippen molar-refractivity contribution in [2.24, 2.45) is 0 Å². The predicted octanol–water partition coefficient (Wildman–Crippen LogP) is 0.732. The summed E-state index contributed by atoms with van der Waals surface area (Å²) >= 11 is 5.79. The minimum Gasteiger partial charge on any atom is -0.394 e. The van der Waals surface area contributed by atoms with Crippen LogP contribution in [0.1, 0.15) is 19.1 Å². The molecule has 2 aromatic rings. The van der Waals surface area contributed by atoms with Gasteiger partial charge in [-0.3, -0.25) is 4.57 Å². The van der Waals surface area contributed by atoms with E-state index in [9.17, 15) is 0 Å². The number of rotatable bonds is 2. The van der Waals surface area contributed by atoms with Gasteiger partial charge in [0.15, 0.2) is 11.5 Å². The van der Waals surface area contributed by atoms with Crippen LogP contribution in [0.2, 0.25) is 5.28 Å². The third-order valence-corrected chi connectivity index (χ3v) is 3.19. The molecule has 0 unspecified atom stereocenters. The Morgan fingerprint density at radius 1 is 1.50 bits per heavy atom. The molecule has 2 aromatic heterocycles. The molecular formula is C10H12ClN5O2. The van der Waals surface area contributed by atoms with Gasteiger partial charge in [-0.05, 0) is 24.4 Å². The first-order valence-electron chi connectivity index (χ1n) is 5.61. The smallest absolute Gasteiger partial charge is 0.226 e. The van der Waals surface area contributed by atoms with Gasteiger partial charge in [0, 0.05) is 0 Å². The van der Waals surface area contributed by atoms with Crippen molar-refractivity contribution in [2.45, 2.75) is 25.2 Å². The molecule has 0 saturated carbocycles. The molecule has 0 bridgehead atoms. The number of halogens is 1. The van der Waals surface area contributed by atoms with E-state index in [0.29, 0.717) is 11.2 Å². The van der Waals surface area contributed by atoms with Gasteiger partial charge < -0.3 is 15.6 Å². The summed E-state index contributed by atoms with van der Waals surface area (Å²) in [6.45, 7) is 0.0149. The summed E-state index contributed by atoms with van der Waals surface area (Å²) in [6.07, 6.45) is 2.86. The lowest BCUT2D eigenvalue weighted by Gasteiger charge is -2.13. The highest BCUT2D eigenvalue weighted by Crippen LogP contribution is 2.31. The Morgan fingerprint density at radius 2 is 2.33 bits per heavy atom. The van der Waals surface area contributed by atoms with Crippen molar-refractivity contribution in [1.29, 1.82) is 0 Å². The molecule has 0 aliphatic carbocycles. The zero-order chi connectivity index (χ0) is 12.7. The second-order valence-corrected chi connectivity index (χ2v) is 4.51. The molecule has 0 radical (unpaired) electrons. The first-order chi connectivity index (χ1) is 8.69. The van der Waals surface area contributed by atoms with Gasteiger partial charge in [-0.1, -0.05) is 0 Å². The molecule has 1 saturated heterocycles. The Bertz CT molecular complexity index is 587. The number of fused-ring (bicyclic) bond motifs is 1. The summed E-state index contributed by atoms with van der Waals surface area (Å²) in [5.41, 5.74) is 6.79. The van der Waals surface area contributed by atoms with E-state index < -0.39 is 0 Å². The Morgan fingerprint density at radius 3 is 3.06 bits per heavy atom. The molecular weight excluding hydrogens is 258 g/mol. The van der Waals surface area contributed by atoms with Gasteiger partial charge in [0.1, 0.15) is 11.7 Å². The standard InChI is InChI=1S/C10H12ClN5O2/c11-10-14-8(12)7-9(15-10)16(4-13-7)6-2-1-5(3-17)18-6/h4-6,17H,1-3H2,(H2,12,14,15)/t5-,6-/m0/s1. The number of nitrogen functional groups attached to an aromatic ring is 1. The average molecular weight is 270 g/mol. The van der Waals surface area contributed by atoms with E-state index in [1.54, 1.807) is 10.9 Å². The van der Waals surface area contributed by atoms with Crippen molar-refractivity contribution in [1.82, 2.24) is 19.5 Å². The fourth-order valence-electron chi connectivity index (χ4n) is 2.15. The van der Waals surface area contributed by atoms with E-state index >= 15 is 0 Å². The topological polar surface area (TPSA) is 99.1 Å². The number of anilines is 1. The van der Waals surface area contributed by atoms with E-state index in [1.165, 1.54) is 0 Å². The van der Waals surface area contributed by atoms with Crippen LogP contribution in [0.15, 0.2) is 6.33 Å². The lowest BCUT2D eigenvalue weighted by Crippen LogP contribution is -2.14. The zero-order valence-electron chi connectivity index (χ0n) is 9.45. The quantitative estimate of drug-likeness (QED) is 0.780. The van der Waals surface area contributed by atoms with Gasteiger partial charge in [-0.2, -0.15) is 9.97 Å². The van der Waals surface area contributed by atoms with Gasteiger partial charge in [-0.15, -0.1) is 0 Å². The Labute approximate surface area is 108 Å². The predicted molar refractivity (Wildman–Crippen MR) is 65.0 cm³/mol. The van der Waals surface area contributed by atoms with Crippen molar-refractivity contribution >= 4 is 28.6 Å². The van der Waals surface area contributed by atoms with Gasteiger partial charge in [-0.25, -0.2) is 4.98 Å². The number of aliphatic hydroxyl groups excluding tert-OH is 1. The number of hydrogen-bond acceptors (Lipinski definition) is 6. The number of nitrogens with two attached hydrogens (primary N) is 1. The highest BCUT2D eigenvalue weighted by Gasteiger charge is 2.27. The van der Waals surface area contributed by atoms with E-state index in [1.807, 2.05) is 0 Å². The molecule has 0 spiro atoms. The number of hydrogen-bond donors (Lipinski definition) is 2. The Balaban J connectivity index is 2.03. The van der Waals surface area contributed by atoms with Gasteiger partial charge in [0.05, 0.1) is 19.0 Å². The average Bonchev–Trinajstić information content (AvgIpc) is 2.93. The summed E-state index contributed by atoms with van der Waals surface area (Å²) in [5, 5.41) is 9.15. The maximum Gasteiger partial charge on any atom is 0.226 e. The Kier molecular flexibility index (Phi) is 2.81. The third kappa shape index (κ3) is 1.80. The molecule has 3 heterocycles. The molecule has 2 atom stereocenters. The largest absolute Gasteiger partial charge is 0.394 e. The van der Waals surface area contributed by atoms with Crippen LogP contribution in [0.4, 0.5) is 5.82 Å². The number of imidazole rings is 1. The number of nitrogens with zero attached hydrogens (tertiary/aromatic N) is 4. The summed E-state index contributed by atoms with van der Waals surface area (Å²) in [5.74, 6) is 0.250. The van der Waals surface area contributed by atoms with Crippen molar-refractivity contribution in [3.8, 4) is 0 Å². The SMILES string of the molecule is Nc1nc(Cl)nc2c1ncn2[C@@H]1CC[C@@H](CO)O1. The van der Waals surface area contributed by atoms with Gasteiger partial charge >= 0.3 is 0 Å². The fraction of sp³-hybridized carbons (Fsp3) is 0.500. The third-order valence-electron chi connectivity index (χ3n) is 3.02. The molecule has 8 heteroatoms. The van der Waals surface area contributed by atoms with Crippen LogP contribution in [0.25, 0.3) is 11.2 Å². The van der Waals surface area contributed by atoms with E-state index in [0.717, 1.165) is 12.8 Å². The minimum absolute atomic E-state index is 0.0149. The van der Waals surface area contributed by atoms with E-state index in [4.69, 9.17) is 27.2 Å². The second kappa shape index (κ2) is 4.34. The number of aliphatic hydroxyl groups is 1. The molecule has 3 rings (SSSR count). The molecule has 0 aromatic carbocycles. The number of aromatic nitrogens is 4. The number of ether oxygens (including phenoxy) is 1. The normalized spacial score (nSPS) is 23.9. The van der Waals surface area contributed by atoms with Crippen LogP contribution in [0, 0.1) is 0 Å². The molecule has 3 N–H and O–H groups in total. The van der Waals surface area contributed by atoms with Gasteiger partial charge in [0.25, 0.3) is 0 Å². The van der Waals surface area contributed by atoms with Crippen LogP contribution in [-0.4, -0.2) is 37.3 Å². The molecule has 0 amide bonds. The highest BCUT2D eigenvalue weighted by molar-refractivity contribution is 6.28. The van der Waals surface area contributed by atoms with Crippen molar-refractivity contribution in [3.63, 3.8) is 0 Å². The molecule has 1 aliphatic rings. The summed E-state index contributed by atoms with van der Waals surface area (Å²) in [6, 6.07) is 0. The summed E-state index contributed by atoms with van der Waals surface area (Å²) in [7, 11) is 0. The van der Waals surface area contributed by atoms with Crippen LogP contribution < -0.4 is 5.73 Å². The van der Waals surface area contributed by atoms with Crippen molar-refractivity contribution in [3.05, 3.63) is 11.6 Å². The fourth-order valence-corrected chi connectivity index (χ4v) is 2.32. The van der Waals surface area contributed by atoms with Crippen LogP contribution >= 0.6 is 11.6 Å². The van der Waals surface area contributed by atoms with Crippen LogP contribution in [-0.2, 0) is 4.74 Å². The molecule has 1 aliphatic heterocycles. The van der Waals surface area contributed by atoms with E-state index in [2.05, 4.69) is 15.0 Å². The maximum absolute atomic E-state index is 9.07. The molecule has 1 fully saturated rings. The second-order valence-electron chi connectivity index (χ2n) is 4.17. The zero-order valence-corrected chi connectivity index (χ0v) is 10.2. The lowest BCUT2D eigenvalue weighted by atomic mass is 10.2. The van der Waals surface area contributed by atoms with Crippen LogP contribution in [0.3, 0.4) is 0 Å². The lowest BCUT2D eigenvalue weighted by molar-refractivity contribution is -0.0207. The van der Waals surface area contributed by atoms with Crippen LogP contribution in [0.5, 0.6) is 0 Å². The van der Waals surface area contributed by atoms with E-state index in [-0.39, 0.29) is 30.0 Å². The van der Waals surface area contributed by atoms with Gasteiger partial charge in [0.2, 0.25) is 5.28 Å². The molecule has 96 valence electrons. The minimum atomic E-state index is -0.197. The van der Waals surface area contributed by atoms with Crippen molar-refractivity contribution in [2.75, 3.05) is 12.3 Å². The monoisotopic (exact) mass is 269 g/mol. The van der Waals surface area contributed by atoms with Crippen molar-refractivity contribution < 1.29 is 9.84 Å². The molecule has 7 nitrogen and oxygen atoms in total. The Hall–Kier alpha value is -1.44. The molecule has 18 heavy (non-hydrogen) atoms. The first-order valence-corrected chi connectivity index (χ1v) is 5.98. The first kappa shape index (κ1) is 11.6. The maximum atomic E-state index is 9.07. The summed E-state index contributed by atoms with van der Waals surface area (Å²) in [4.78, 5) is 12.1.